The fourth-order valence-corrected chi connectivity index (χ4v) is 3.73. The number of nitrogens with zero attached hydrogens (tertiary/aromatic N) is 1. The van der Waals surface area contributed by atoms with Gasteiger partial charge >= 0.3 is 11.9 Å². The number of carboxylic acids is 2. The van der Waals surface area contributed by atoms with Gasteiger partial charge in [0.25, 0.3) is 0 Å². The summed E-state index contributed by atoms with van der Waals surface area (Å²) in [7, 11) is 0. The largest absolute Gasteiger partial charge is 0.481 e. The molecule has 0 aromatic heterocycles. The van der Waals surface area contributed by atoms with Crippen molar-refractivity contribution in [3.8, 4) is 0 Å². The summed E-state index contributed by atoms with van der Waals surface area (Å²) in [6, 6.07) is -0.0454. The molecule has 0 aromatic carbocycles. The highest BCUT2D eigenvalue weighted by atomic mass is 32.2. The first-order valence-corrected chi connectivity index (χ1v) is 7.10. The topological polar surface area (TPSA) is 94.9 Å². The lowest BCUT2D eigenvalue weighted by atomic mass is 9.85. The summed E-state index contributed by atoms with van der Waals surface area (Å²) in [6.45, 7) is 1.91. The average molecular weight is 285 g/mol. The zero-order chi connectivity index (χ0) is 14.2. The maximum atomic E-state index is 11.8. The average Bonchev–Trinajstić information content (AvgIpc) is 2.65. The fraction of sp³-hybridized carbons (Fsp3) is 0.583. The SMILES string of the molecule is CC[C@H]1C(=O)N2C(C(=O)O)=C(SCCC(=O)O)C[C@H]12. The Morgan fingerprint density at radius 1 is 1.42 bits per heavy atom. The molecule has 1 fully saturated rings. The Hall–Kier alpha value is -1.50. The van der Waals surface area contributed by atoms with Crippen molar-refractivity contribution < 1.29 is 24.6 Å². The van der Waals surface area contributed by atoms with Gasteiger partial charge in [-0.05, 0) is 6.42 Å². The monoisotopic (exact) mass is 285 g/mol. The minimum absolute atomic E-state index is 0.0170. The predicted octanol–water partition coefficient (Wildman–Crippen LogP) is 1.13. The first kappa shape index (κ1) is 13.9. The first-order valence-electron chi connectivity index (χ1n) is 6.11. The van der Waals surface area contributed by atoms with Crippen molar-refractivity contribution in [1.29, 1.82) is 0 Å². The molecule has 0 unspecified atom stereocenters. The van der Waals surface area contributed by atoms with Crippen LogP contribution in [0.25, 0.3) is 0 Å². The molecule has 2 aliphatic rings. The van der Waals surface area contributed by atoms with Gasteiger partial charge < -0.3 is 15.1 Å². The van der Waals surface area contributed by atoms with Crippen LogP contribution in [-0.2, 0) is 14.4 Å². The zero-order valence-corrected chi connectivity index (χ0v) is 11.3. The van der Waals surface area contributed by atoms with Crippen molar-refractivity contribution in [1.82, 2.24) is 4.90 Å². The van der Waals surface area contributed by atoms with E-state index < -0.39 is 11.9 Å². The van der Waals surface area contributed by atoms with Crippen LogP contribution >= 0.6 is 11.8 Å². The van der Waals surface area contributed by atoms with Crippen molar-refractivity contribution in [2.24, 2.45) is 5.92 Å². The zero-order valence-electron chi connectivity index (χ0n) is 10.5. The van der Waals surface area contributed by atoms with Crippen molar-refractivity contribution in [3.63, 3.8) is 0 Å². The number of fused-ring (bicyclic) bond motifs is 1. The number of carboxylic acid groups (broad SMARTS) is 2. The molecule has 0 radical (unpaired) electrons. The van der Waals surface area contributed by atoms with Gasteiger partial charge in [0, 0.05) is 17.1 Å². The molecule has 104 valence electrons. The predicted molar refractivity (Wildman–Crippen MR) is 68.4 cm³/mol. The summed E-state index contributed by atoms with van der Waals surface area (Å²) in [5.74, 6) is -1.91. The smallest absolute Gasteiger partial charge is 0.353 e. The van der Waals surface area contributed by atoms with E-state index in [2.05, 4.69) is 0 Å². The van der Waals surface area contributed by atoms with Crippen LogP contribution in [0.2, 0.25) is 0 Å². The van der Waals surface area contributed by atoms with E-state index >= 15 is 0 Å². The fourth-order valence-electron chi connectivity index (χ4n) is 2.59. The van der Waals surface area contributed by atoms with E-state index in [0.29, 0.717) is 23.5 Å². The third-order valence-corrected chi connectivity index (χ3v) is 4.60. The molecule has 0 saturated carbocycles. The number of hydrogen-bond donors (Lipinski definition) is 2. The van der Waals surface area contributed by atoms with Crippen LogP contribution < -0.4 is 0 Å². The number of carbonyl (C=O) groups is 3. The van der Waals surface area contributed by atoms with Gasteiger partial charge in [0.15, 0.2) is 0 Å². The van der Waals surface area contributed by atoms with Crippen LogP contribution in [0, 0.1) is 5.92 Å². The van der Waals surface area contributed by atoms with E-state index in [4.69, 9.17) is 5.11 Å². The Kier molecular flexibility index (Phi) is 3.84. The van der Waals surface area contributed by atoms with Gasteiger partial charge in [0.2, 0.25) is 5.91 Å². The lowest BCUT2D eigenvalue weighted by Gasteiger charge is -2.42. The van der Waals surface area contributed by atoms with Gasteiger partial charge in [0.1, 0.15) is 5.70 Å². The number of rotatable bonds is 6. The molecule has 6 nitrogen and oxygen atoms in total. The van der Waals surface area contributed by atoms with Crippen LogP contribution in [-0.4, -0.2) is 44.8 Å². The second-order valence-electron chi connectivity index (χ2n) is 4.56. The normalized spacial score (nSPS) is 25.3. The molecule has 0 spiro atoms. The molecule has 2 heterocycles. The lowest BCUT2D eigenvalue weighted by molar-refractivity contribution is -0.155. The van der Waals surface area contributed by atoms with E-state index in [1.54, 1.807) is 0 Å². The highest BCUT2D eigenvalue weighted by Crippen LogP contribution is 2.46. The highest BCUT2D eigenvalue weighted by molar-refractivity contribution is 8.03. The molecule has 1 amide bonds. The number of hydrogen-bond acceptors (Lipinski definition) is 4. The molecule has 0 bridgehead atoms. The number of β-lactam (4-membered cyclic amide) rings is 1. The van der Waals surface area contributed by atoms with Crippen molar-refractivity contribution in [2.75, 3.05) is 5.75 Å². The van der Waals surface area contributed by atoms with E-state index in [-0.39, 0.29) is 30.0 Å². The Labute approximate surface area is 114 Å². The maximum absolute atomic E-state index is 11.8. The number of amides is 1. The molecule has 19 heavy (non-hydrogen) atoms. The molecule has 2 rings (SSSR count). The molecule has 2 N–H and O–H groups in total. The first-order chi connectivity index (χ1) is 8.97. The van der Waals surface area contributed by atoms with Crippen LogP contribution in [0.4, 0.5) is 0 Å². The maximum Gasteiger partial charge on any atom is 0.353 e. The summed E-state index contributed by atoms with van der Waals surface area (Å²) < 4.78 is 0. The summed E-state index contributed by atoms with van der Waals surface area (Å²) in [6.07, 6.45) is 1.23. The molecule has 0 aromatic rings. The molecular weight excluding hydrogens is 270 g/mol. The van der Waals surface area contributed by atoms with Crippen LogP contribution in [0.5, 0.6) is 0 Å². The number of thioether (sulfide) groups is 1. The standard InChI is InChI=1S/C12H15NO5S/c1-2-6-7-5-8(19-4-3-9(14)15)10(12(17)18)13(7)11(6)16/h6-7H,2-5H2,1H3,(H,14,15)(H,17,18)/t6-,7-/m1/s1. The van der Waals surface area contributed by atoms with Gasteiger partial charge in [-0.1, -0.05) is 6.92 Å². The van der Waals surface area contributed by atoms with Gasteiger partial charge in [-0.2, -0.15) is 0 Å². The second-order valence-corrected chi connectivity index (χ2v) is 5.75. The van der Waals surface area contributed by atoms with Gasteiger partial charge in [-0.25, -0.2) is 4.79 Å². The number of carbonyl (C=O) groups excluding carboxylic acids is 1. The molecular formula is C12H15NO5S. The lowest BCUT2D eigenvalue weighted by Crippen LogP contribution is -2.58. The minimum Gasteiger partial charge on any atom is -0.481 e. The van der Waals surface area contributed by atoms with Crippen molar-refractivity contribution in [2.45, 2.75) is 32.2 Å². The van der Waals surface area contributed by atoms with Crippen molar-refractivity contribution >= 4 is 29.6 Å². The summed E-state index contributed by atoms with van der Waals surface area (Å²) >= 11 is 1.23. The third-order valence-electron chi connectivity index (χ3n) is 3.48. The van der Waals surface area contributed by atoms with Gasteiger partial charge in [-0.15, -0.1) is 11.8 Å². The van der Waals surface area contributed by atoms with Crippen molar-refractivity contribution in [3.05, 3.63) is 10.6 Å². The Bertz CT molecular complexity index is 473. The summed E-state index contributed by atoms with van der Waals surface area (Å²) in [4.78, 5) is 35.6. The molecule has 2 atom stereocenters. The van der Waals surface area contributed by atoms with Crippen LogP contribution in [0.3, 0.4) is 0 Å². The Morgan fingerprint density at radius 2 is 2.11 bits per heavy atom. The summed E-state index contributed by atoms with van der Waals surface area (Å²) in [5.41, 5.74) is 0.0510. The minimum atomic E-state index is -1.11. The van der Waals surface area contributed by atoms with Gasteiger partial charge in [-0.3, -0.25) is 9.59 Å². The van der Waals surface area contributed by atoms with Crippen LogP contribution in [0.1, 0.15) is 26.2 Å². The summed E-state index contributed by atoms with van der Waals surface area (Å²) in [5, 5.41) is 17.8. The number of aliphatic carboxylic acids is 2. The molecule has 0 aliphatic carbocycles. The Balaban J connectivity index is 2.11. The third kappa shape index (κ3) is 2.34. The second kappa shape index (κ2) is 5.24. The highest BCUT2D eigenvalue weighted by Gasteiger charge is 2.54. The quantitative estimate of drug-likeness (QED) is 0.710. The van der Waals surface area contributed by atoms with E-state index in [0.717, 1.165) is 0 Å². The van der Waals surface area contributed by atoms with E-state index in [1.165, 1.54) is 16.7 Å². The van der Waals surface area contributed by atoms with E-state index in [9.17, 15) is 19.5 Å². The molecule has 2 aliphatic heterocycles. The van der Waals surface area contributed by atoms with Gasteiger partial charge in [0.05, 0.1) is 18.4 Å². The van der Waals surface area contributed by atoms with E-state index in [1.807, 2.05) is 6.92 Å². The molecule has 1 saturated heterocycles. The van der Waals surface area contributed by atoms with Crippen LogP contribution in [0.15, 0.2) is 10.6 Å². The Morgan fingerprint density at radius 3 is 2.63 bits per heavy atom. The molecule has 7 heteroatoms.